The number of benzene rings is 2. The van der Waals surface area contributed by atoms with Gasteiger partial charge in [0.2, 0.25) is 5.88 Å². The van der Waals surface area contributed by atoms with Gasteiger partial charge in [-0.3, -0.25) is 4.90 Å². The molecule has 0 aliphatic carbocycles. The van der Waals surface area contributed by atoms with Crippen LogP contribution in [0.5, 0.6) is 5.88 Å². The Kier molecular flexibility index (Phi) is 6.97. The molecule has 202 valence electrons. The topological polar surface area (TPSA) is 89.7 Å². The molecule has 10 heteroatoms. The van der Waals surface area contributed by atoms with Crippen LogP contribution in [0.3, 0.4) is 0 Å². The third-order valence-electron chi connectivity index (χ3n) is 7.47. The Morgan fingerprint density at radius 1 is 1.23 bits per heavy atom. The first-order chi connectivity index (χ1) is 18.8. The molecule has 1 N–H and O–H groups in total. The lowest BCUT2D eigenvalue weighted by atomic mass is 10.00. The Bertz CT molecular complexity index is 1570. The van der Waals surface area contributed by atoms with Crippen LogP contribution >= 0.6 is 11.6 Å². The maximum absolute atomic E-state index is 14.2. The molecule has 6 rings (SSSR count). The fourth-order valence-electron chi connectivity index (χ4n) is 5.23. The summed E-state index contributed by atoms with van der Waals surface area (Å²) in [5.74, 6) is -0.0436. The average molecular weight is 551 g/mol. The second-order valence-electron chi connectivity index (χ2n) is 10.1. The molecule has 4 aromatic rings. The number of rotatable bonds is 8. The van der Waals surface area contributed by atoms with E-state index < -0.39 is 11.8 Å². The molecular formula is C29H28ClFN4O4. The number of aryl methyl sites for hydroxylation is 1. The standard InChI is InChI=1S/C29H28ClFN4O4/c1-17-10-28(39-16-19-2-4-20(30)12-23(19)31)33-25-14-34(8-6-22(17)25)15-27-32-24-5-3-18(29(36)37)11-26(24)35(27)13-21-7-9-38-21/h2-5,10-12,21H,6-9,13-16H2,1H3,(H,36,37)/t21-/m0/s1. The van der Waals surface area contributed by atoms with Gasteiger partial charge in [-0.1, -0.05) is 17.7 Å². The summed E-state index contributed by atoms with van der Waals surface area (Å²) in [4.78, 5) is 23.5. The molecule has 0 saturated carbocycles. The third-order valence-corrected chi connectivity index (χ3v) is 7.71. The molecule has 0 amide bonds. The lowest BCUT2D eigenvalue weighted by Crippen LogP contribution is -2.34. The molecule has 1 fully saturated rings. The van der Waals surface area contributed by atoms with Crippen molar-refractivity contribution in [3.63, 3.8) is 0 Å². The van der Waals surface area contributed by atoms with Crippen LogP contribution in [0.15, 0.2) is 42.5 Å². The number of carbonyl (C=O) groups is 1. The molecule has 1 atom stereocenters. The van der Waals surface area contributed by atoms with Gasteiger partial charge in [0.1, 0.15) is 18.2 Å². The molecular weight excluding hydrogens is 523 g/mol. The molecule has 0 unspecified atom stereocenters. The van der Waals surface area contributed by atoms with E-state index in [1.54, 1.807) is 30.3 Å². The van der Waals surface area contributed by atoms with Crippen molar-refractivity contribution >= 4 is 28.6 Å². The second kappa shape index (κ2) is 10.6. The number of hydrogen-bond donors (Lipinski definition) is 1. The van der Waals surface area contributed by atoms with E-state index in [1.807, 2.05) is 13.0 Å². The normalized spacial score (nSPS) is 17.2. The second-order valence-corrected chi connectivity index (χ2v) is 10.6. The van der Waals surface area contributed by atoms with Crippen LogP contribution in [0.25, 0.3) is 11.0 Å². The highest BCUT2D eigenvalue weighted by atomic mass is 35.5. The van der Waals surface area contributed by atoms with Gasteiger partial charge in [-0.15, -0.1) is 0 Å². The Labute approximate surface area is 229 Å². The van der Waals surface area contributed by atoms with Gasteiger partial charge in [-0.05, 0) is 61.2 Å². The number of hydrogen-bond acceptors (Lipinski definition) is 6. The number of imidazole rings is 1. The summed E-state index contributed by atoms with van der Waals surface area (Å²) in [6.45, 7) is 5.53. The van der Waals surface area contributed by atoms with Gasteiger partial charge in [0.15, 0.2) is 0 Å². The Hall–Kier alpha value is -3.53. The van der Waals surface area contributed by atoms with E-state index in [0.29, 0.717) is 36.1 Å². The van der Waals surface area contributed by atoms with Crippen LogP contribution in [0.1, 0.15) is 45.0 Å². The molecule has 39 heavy (non-hydrogen) atoms. The summed E-state index contributed by atoms with van der Waals surface area (Å²) in [5, 5.41) is 9.85. The molecule has 2 aliphatic rings. The molecule has 8 nitrogen and oxygen atoms in total. The highest BCUT2D eigenvalue weighted by molar-refractivity contribution is 6.30. The van der Waals surface area contributed by atoms with Crippen molar-refractivity contribution in [2.75, 3.05) is 13.2 Å². The van der Waals surface area contributed by atoms with Gasteiger partial charge < -0.3 is 19.1 Å². The lowest BCUT2D eigenvalue weighted by Gasteiger charge is -2.30. The lowest BCUT2D eigenvalue weighted by molar-refractivity contribution is -0.0592. The van der Waals surface area contributed by atoms with E-state index >= 15 is 0 Å². The number of pyridine rings is 1. The first kappa shape index (κ1) is 25.7. The number of ether oxygens (including phenoxy) is 2. The van der Waals surface area contributed by atoms with Gasteiger partial charge in [0.25, 0.3) is 0 Å². The fourth-order valence-corrected chi connectivity index (χ4v) is 5.39. The smallest absolute Gasteiger partial charge is 0.335 e. The number of nitrogens with zero attached hydrogens (tertiary/aromatic N) is 4. The average Bonchev–Trinajstić information content (AvgIpc) is 3.21. The largest absolute Gasteiger partial charge is 0.478 e. The van der Waals surface area contributed by atoms with Crippen molar-refractivity contribution in [3.05, 3.63) is 87.1 Å². The maximum Gasteiger partial charge on any atom is 0.335 e. The summed E-state index contributed by atoms with van der Waals surface area (Å²) >= 11 is 5.86. The first-order valence-electron chi connectivity index (χ1n) is 13.0. The molecule has 4 heterocycles. The van der Waals surface area contributed by atoms with Gasteiger partial charge >= 0.3 is 5.97 Å². The predicted molar refractivity (Wildman–Crippen MR) is 144 cm³/mol. The molecule has 0 radical (unpaired) electrons. The van der Waals surface area contributed by atoms with Crippen molar-refractivity contribution in [2.45, 2.75) is 52.1 Å². The number of halogens is 2. The highest BCUT2D eigenvalue weighted by Gasteiger charge is 2.26. The van der Waals surface area contributed by atoms with Crippen molar-refractivity contribution in [1.29, 1.82) is 0 Å². The minimum Gasteiger partial charge on any atom is -0.478 e. The van der Waals surface area contributed by atoms with E-state index in [4.69, 9.17) is 31.0 Å². The van der Waals surface area contributed by atoms with Gasteiger partial charge in [0.05, 0.1) is 41.5 Å². The van der Waals surface area contributed by atoms with Crippen LogP contribution in [0, 0.1) is 12.7 Å². The Morgan fingerprint density at radius 3 is 2.82 bits per heavy atom. The van der Waals surface area contributed by atoms with E-state index in [2.05, 4.69) is 9.47 Å². The molecule has 2 aromatic heterocycles. The van der Waals surface area contributed by atoms with Crippen molar-refractivity contribution in [2.24, 2.45) is 0 Å². The Balaban J connectivity index is 1.23. The zero-order chi connectivity index (χ0) is 27.1. The SMILES string of the molecule is Cc1cc(OCc2ccc(Cl)cc2F)nc2c1CCN(Cc1nc3ccc(C(=O)O)cc3n1C[C@@H]1CCO1)C2. The van der Waals surface area contributed by atoms with E-state index in [0.717, 1.165) is 54.1 Å². The van der Waals surface area contributed by atoms with E-state index in [1.165, 1.54) is 11.6 Å². The minimum atomic E-state index is -0.961. The summed E-state index contributed by atoms with van der Waals surface area (Å²) in [5.41, 5.74) is 5.47. The Morgan fingerprint density at radius 2 is 2.08 bits per heavy atom. The zero-order valence-electron chi connectivity index (χ0n) is 21.5. The van der Waals surface area contributed by atoms with Crippen molar-refractivity contribution < 1.29 is 23.8 Å². The fraction of sp³-hybridized carbons (Fsp3) is 0.345. The molecule has 2 aliphatic heterocycles. The quantitative estimate of drug-likeness (QED) is 0.324. The van der Waals surface area contributed by atoms with Crippen LogP contribution in [0.2, 0.25) is 5.02 Å². The third kappa shape index (κ3) is 5.34. The van der Waals surface area contributed by atoms with Crippen LogP contribution < -0.4 is 4.74 Å². The molecule has 1 saturated heterocycles. The predicted octanol–water partition coefficient (Wildman–Crippen LogP) is 5.16. The van der Waals surface area contributed by atoms with Crippen LogP contribution in [0.4, 0.5) is 4.39 Å². The van der Waals surface area contributed by atoms with Crippen LogP contribution in [-0.4, -0.2) is 49.8 Å². The number of carboxylic acids is 1. The zero-order valence-corrected chi connectivity index (χ0v) is 22.2. The summed E-state index contributed by atoms with van der Waals surface area (Å²) in [6, 6.07) is 11.5. The highest BCUT2D eigenvalue weighted by Crippen LogP contribution is 2.28. The van der Waals surface area contributed by atoms with Crippen LogP contribution in [-0.2, 0) is 37.4 Å². The molecule has 2 aromatic carbocycles. The monoisotopic (exact) mass is 550 g/mol. The number of aromatic nitrogens is 3. The number of fused-ring (bicyclic) bond motifs is 2. The first-order valence-corrected chi connectivity index (χ1v) is 13.3. The molecule has 0 spiro atoms. The maximum atomic E-state index is 14.2. The number of carboxylic acid groups (broad SMARTS) is 1. The van der Waals surface area contributed by atoms with Gasteiger partial charge in [-0.25, -0.2) is 19.2 Å². The van der Waals surface area contributed by atoms with Gasteiger partial charge in [-0.2, -0.15) is 0 Å². The van der Waals surface area contributed by atoms with E-state index in [-0.39, 0.29) is 18.3 Å². The van der Waals surface area contributed by atoms with E-state index in [9.17, 15) is 14.3 Å². The number of aromatic carboxylic acids is 1. The summed E-state index contributed by atoms with van der Waals surface area (Å²) in [6.07, 6.45) is 1.92. The van der Waals surface area contributed by atoms with Crippen molar-refractivity contribution in [3.8, 4) is 5.88 Å². The minimum absolute atomic E-state index is 0.0591. The summed E-state index contributed by atoms with van der Waals surface area (Å²) < 4.78 is 27.9. The summed E-state index contributed by atoms with van der Waals surface area (Å²) in [7, 11) is 0. The van der Waals surface area contributed by atoms with Gasteiger partial charge in [0, 0.05) is 36.3 Å². The molecule has 0 bridgehead atoms. The van der Waals surface area contributed by atoms with Crippen molar-refractivity contribution in [1.82, 2.24) is 19.4 Å².